The van der Waals surface area contributed by atoms with Gasteiger partial charge in [0.25, 0.3) is 0 Å². The summed E-state index contributed by atoms with van der Waals surface area (Å²) in [4.78, 5) is 0. The molecule has 0 spiro atoms. The Kier molecular flexibility index (Phi) is 5.27. The Balaban J connectivity index is 2.03. The van der Waals surface area contributed by atoms with Gasteiger partial charge in [-0.1, -0.05) is 42.8 Å². The highest BCUT2D eigenvalue weighted by molar-refractivity contribution is 9.10. The number of benzene rings is 1. The SMILES string of the molecule is CC(C)(C)C(CCO)NC1CCc2cc(Br)ccc2C1. The number of hydrogen-bond acceptors (Lipinski definition) is 2. The second kappa shape index (κ2) is 6.59. The highest BCUT2D eigenvalue weighted by Crippen LogP contribution is 2.27. The van der Waals surface area contributed by atoms with Gasteiger partial charge in [-0.05, 0) is 54.4 Å². The van der Waals surface area contributed by atoms with Gasteiger partial charge < -0.3 is 10.4 Å². The van der Waals surface area contributed by atoms with Crippen LogP contribution in [0.15, 0.2) is 22.7 Å². The van der Waals surface area contributed by atoms with Crippen molar-refractivity contribution in [3.05, 3.63) is 33.8 Å². The Morgan fingerprint density at radius 2 is 2.10 bits per heavy atom. The second-order valence-corrected chi connectivity index (χ2v) is 7.87. The molecule has 0 aromatic heterocycles. The summed E-state index contributed by atoms with van der Waals surface area (Å²) < 4.78 is 1.18. The third kappa shape index (κ3) is 4.06. The maximum Gasteiger partial charge on any atom is 0.0446 e. The summed E-state index contributed by atoms with van der Waals surface area (Å²) in [5.74, 6) is 0. The lowest BCUT2D eigenvalue weighted by Gasteiger charge is -2.36. The lowest BCUT2D eigenvalue weighted by Crippen LogP contribution is -2.48. The molecule has 0 bridgehead atoms. The largest absolute Gasteiger partial charge is 0.396 e. The first-order valence-electron chi connectivity index (χ1n) is 7.54. The van der Waals surface area contributed by atoms with Crippen LogP contribution < -0.4 is 5.32 Å². The number of aliphatic hydroxyl groups excluding tert-OH is 1. The van der Waals surface area contributed by atoms with E-state index in [0.717, 1.165) is 19.3 Å². The Morgan fingerprint density at radius 3 is 2.75 bits per heavy atom. The van der Waals surface area contributed by atoms with E-state index in [0.29, 0.717) is 12.1 Å². The van der Waals surface area contributed by atoms with Crippen LogP contribution in [0, 0.1) is 5.41 Å². The molecule has 2 rings (SSSR count). The van der Waals surface area contributed by atoms with Crippen LogP contribution in [0.1, 0.15) is 44.7 Å². The van der Waals surface area contributed by atoms with Gasteiger partial charge >= 0.3 is 0 Å². The molecule has 20 heavy (non-hydrogen) atoms. The molecule has 2 unspecified atom stereocenters. The van der Waals surface area contributed by atoms with Crippen LogP contribution >= 0.6 is 15.9 Å². The third-order valence-corrected chi connectivity index (χ3v) is 4.79. The fourth-order valence-corrected chi connectivity index (χ4v) is 3.45. The van der Waals surface area contributed by atoms with E-state index in [1.165, 1.54) is 22.0 Å². The molecule has 1 aromatic rings. The number of nitrogens with one attached hydrogen (secondary N) is 1. The van der Waals surface area contributed by atoms with Crippen molar-refractivity contribution in [2.45, 2.75) is 58.5 Å². The number of halogens is 1. The molecule has 2 N–H and O–H groups in total. The summed E-state index contributed by atoms with van der Waals surface area (Å²) >= 11 is 3.55. The van der Waals surface area contributed by atoms with Gasteiger partial charge in [-0.15, -0.1) is 0 Å². The molecule has 2 atom stereocenters. The van der Waals surface area contributed by atoms with Gasteiger partial charge in [0.1, 0.15) is 0 Å². The van der Waals surface area contributed by atoms with Crippen LogP contribution in [-0.2, 0) is 12.8 Å². The molecule has 0 saturated heterocycles. The monoisotopic (exact) mass is 339 g/mol. The van der Waals surface area contributed by atoms with Crippen molar-refractivity contribution in [3.8, 4) is 0 Å². The minimum absolute atomic E-state index is 0.183. The Bertz CT molecular complexity index is 453. The summed E-state index contributed by atoms with van der Waals surface area (Å²) in [6, 6.07) is 7.52. The van der Waals surface area contributed by atoms with E-state index < -0.39 is 0 Å². The van der Waals surface area contributed by atoms with Gasteiger partial charge in [-0.2, -0.15) is 0 Å². The Hall–Kier alpha value is -0.380. The van der Waals surface area contributed by atoms with Gasteiger partial charge in [0, 0.05) is 23.2 Å². The molecule has 0 heterocycles. The minimum Gasteiger partial charge on any atom is -0.396 e. The molecule has 0 radical (unpaired) electrons. The van der Waals surface area contributed by atoms with Gasteiger partial charge in [-0.3, -0.25) is 0 Å². The van der Waals surface area contributed by atoms with Crippen LogP contribution in [-0.4, -0.2) is 23.8 Å². The maximum atomic E-state index is 9.27. The summed E-state index contributed by atoms with van der Waals surface area (Å²) in [5, 5.41) is 13.1. The van der Waals surface area contributed by atoms with Crippen LogP contribution in [0.5, 0.6) is 0 Å². The summed E-state index contributed by atoms with van der Waals surface area (Å²) in [6.45, 7) is 6.99. The Morgan fingerprint density at radius 1 is 1.35 bits per heavy atom. The van der Waals surface area contributed by atoms with Crippen molar-refractivity contribution in [1.29, 1.82) is 0 Å². The summed E-state index contributed by atoms with van der Waals surface area (Å²) in [7, 11) is 0. The molecular formula is C17H26BrNO. The van der Waals surface area contributed by atoms with E-state index in [9.17, 15) is 5.11 Å². The third-order valence-electron chi connectivity index (χ3n) is 4.30. The average Bonchev–Trinajstić information content (AvgIpc) is 2.37. The molecule has 0 saturated carbocycles. The zero-order valence-corrected chi connectivity index (χ0v) is 14.3. The fraction of sp³-hybridized carbons (Fsp3) is 0.647. The van der Waals surface area contributed by atoms with Crippen LogP contribution in [0.4, 0.5) is 0 Å². The second-order valence-electron chi connectivity index (χ2n) is 6.95. The molecule has 112 valence electrons. The van der Waals surface area contributed by atoms with Crippen LogP contribution in [0.3, 0.4) is 0 Å². The Labute approximate surface area is 131 Å². The van der Waals surface area contributed by atoms with E-state index in [2.05, 4.69) is 60.2 Å². The molecule has 3 heteroatoms. The molecule has 1 aliphatic carbocycles. The van der Waals surface area contributed by atoms with Crippen LogP contribution in [0.25, 0.3) is 0 Å². The topological polar surface area (TPSA) is 32.3 Å². The molecule has 0 fully saturated rings. The van der Waals surface area contributed by atoms with Gasteiger partial charge in [-0.25, -0.2) is 0 Å². The molecule has 0 aliphatic heterocycles. The summed E-state index contributed by atoms with van der Waals surface area (Å²) in [6.07, 6.45) is 4.25. The van der Waals surface area contributed by atoms with Crippen molar-refractivity contribution < 1.29 is 5.11 Å². The number of rotatable bonds is 4. The van der Waals surface area contributed by atoms with E-state index in [4.69, 9.17) is 0 Å². The molecule has 1 aliphatic rings. The number of hydrogen-bond donors (Lipinski definition) is 2. The first-order chi connectivity index (χ1) is 9.40. The van der Waals surface area contributed by atoms with Gasteiger partial charge in [0.2, 0.25) is 0 Å². The lowest BCUT2D eigenvalue weighted by atomic mass is 9.82. The van der Waals surface area contributed by atoms with E-state index in [1.807, 2.05) is 0 Å². The normalized spacial score (nSPS) is 20.6. The summed E-state index contributed by atoms with van der Waals surface area (Å²) in [5.41, 5.74) is 3.13. The number of fused-ring (bicyclic) bond motifs is 1. The smallest absolute Gasteiger partial charge is 0.0446 e. The van der Waals surface area contributed by atoms with E-state index >= 15 is 0 Å². The number of aliphatic hydroxyl groups is 1. The molecule has 2 nitrogen and oxygen atoms in total. The molecule has 1 aromatic carbocycles. The van der Waals surface area contributed by atoms with E-state index in [-0.39, 0.29) is 12.0 Å². The maximum absolute atomic E-state index is 9.27. The first kappa shape index (κ1) is 16.0. The van der Waals surface area contributed by atoms with Crippen molar-refractivity contribution in [1.82, 2.24) is 5.32 Å². The average molecular weight is 340 g/mol. The highest BCUT2D eigenvalue weighted by Gasteiger charge is 2.28. The first-order valence-corrected chi connectivity index (χ1v) is 8.33. The highest BCUT2D eigenvalue weighted by atomic mass is 79.9. The van der Waals surface area contributed by atoms with Crippen LogP contribution in [0.2, 0.25) is 0 Å². The van der Waals surface area contributed by atoms with Crippen molar-refractivity contribution in [2.75, 3.05) is 6.61 Å². The van der Waals surface area contributed by atoms with Crippen molar-refractivity contribution in [3.63, 3.8) is 0 Å². The standard InChI is InChI=1S/C17H26BrNO/c1-17(2,3)16(8-9-20)19-15-7-5-12-10-14(18)6-4-13(12)11-15/h4,6,10,15-16,19-20H,5,7-9,11H2,1-3H3. The zero-order valence-electron chi connectivity index (χ0n) is 12.7. The predicted octanol–water partition coefficient (Wildman–Crippen LogP) is 3.69. The minimum atomic E-state index is 0.183. The predicted molar refractivity (Wildman–Crippen MR) is 88.0 cm³/mol. The zero-order chi connectivity index (χ0) is 14.8. The van der Waals surface area contributed by atoms with Crippen molar-refractivity contribution >= 4 is 15.9 Å². The molecular weight excluding hydrogens is 314 g/mol. The van der Waals surface area contributed by atoms with E-state index in [1.54, 1.807) is 0 Å². The fourth-order valence-electron chi connectivity index (χ4n) is 3.05. The lowest BCUT2D eigenvalue weighted by molar-refractivity contribution is 0.181. The van der Waals surface area contributed by atoms with Crippen molar-refractivity contribution in [2.24, 2.45) is 5.41 Å². The molecule has 0 amide bonds. The van der Waals surface area contributed by atoms with Gasteiger partial charge in [0.15, 0.2) is 0 Å². The quantitative estimate of drug-likeness (QED) is 0.876. The van der Waals surface area contributed by atoms with Gasteiger partial charge in [0.05, 0.1) is 0 Å². The number of aryl methyl sites for hydroxylation is 1.